The fourth-order valence-corrected chi connectivity index (χ4v) is 3.84. The van der Waals surface area contributed by atoms with E-state index in [-0.39, 0.29) is 5.91 Å². The number of benzene rings is 2. The van der Waals surface area contributed by atoms with Crippen molar-refractivity contribution in [2.24, 2.45) is 0 Å². The molecule has 5 nitrogen and oxygen atoms in total. The van der Waals surface area contributed by atoms with Crippen molar-refractivity contribution in [3.63, 3.8) is 0 Å². The molecule has 0 radical (unpaired) electrons. The summed E-state index contributed by atoms with van der Waals surface area (Å²) in [5.41, 5.74) is 2.75. The quantitative estimate of drug-likeness (QED) is 0.711. The van der Waals surface area contributed by atoms with Gasteiger partial charge in [0.2, 0.25) is 0 Å². The Labute approximate surface area is 156 Å². The molecule has 2 aromatic carbocycles. The lowest BCUT2D eigenvalue weighted by Gasteiger charge is -2.18. The van der Waals surface area contributed by atoms with E-state index in [4.69, 9.17) is 9.47 Å². The van der Waals surface area contributed by atoms with E-state index < -0.39 is 0 Å². The third-order valence-corrected chi connectivity index (χ3v) is 5.23. The molecule has 3 aromatic rings. The second-order valence-electron chi connectivity index (χ2n) is 6.24. The number of fused-ring (bicyclic) bond motifs is 2. The fraction of sp³-hybridized carbons (Fsp3) is 0.300. The number of unbranched alkanes of at least 4 members (excludes halogenated alkanes) is 1. The molecule has 0 unspecified atom stereocenters. The lowest BCUT2D eigenvalue weighted by Crippen LogP contribution is -2.17. The summed E-state index contributed by atoms with van der Waals surface area (Å²) >= 11 is 1.50. The van der Waals surface area contributed by atoms with Crippen molar-refractivity contribution in [3.05, 3.63) is 47.5 Å². The zero-order chi connectivity index (χ0) is 17.9. The highest BCUT2D eigenvalue weighted by Gasteiger charge is 2.16. The number of hydrogen-bond donors (Lipinski definition) is 1. The summed E-state index contributed by atoms with van der Waals surface area (Å²) in [5.74, 6) is 1.08. The zero-order valence-electron chi connectivity index (χ0n) is 14.6. The van der Waals surface area contributed by atoms with Gasteiger partial charge in [-0.05, 0) is 48.7 Å². The van der Waals surface area contributed by atoms with Crippen LogP contribution in [0.15, 0.2) is 36.4 Å². The SMILES string of the molecule is CCCCc1ccc2nc(NC(=O)c3ccc4c(c3)OCCO4)sc2c1. The first-order chi connectivity index (χ1) is 12.7. The molecule has 1 amide bonds. The van der Waals surface area contributed by atoms with E-state index in [2.05, 4.69) is 29.4 Å². The molecule has 0 fully saturated rings. The van der Waals surface area contributed by atoms with E-state index in [0.717, 1.165) is 16.6 Å². The molecule has 1 aromatic heterocycles. The Kier molecular flexibility index (Phi) is 4.75. The maximum Gasteiger partial charge on any atom is 0.257 e. The molecule has 1 N–H and O–H groups in total. The van der Waals surface area contributed by atoms with Gasteiger partial charge in [0.05, 0.1) is 10.2 Å². The van der Waals surface area contributed by atoms with Crippen LogP contribution in [0.3, 0.4) is 0 Å². The Balaban J connectivity index is 1.52. The topological polar surface area (TPSA) is 60.5 Å². The summed E-state index contributed by atoms with van der Waals surface area (Å²) < 4.78 is 12.1. The van der Waals surface area contributed by atoms with Gasteiger partial charge in [-0.3, -0.25) is 10.1 Å². The van der Waals surface area contributed by atoms with Crippen LogP contribution in [0.5, 0.6) is 11.5 Å². The fourth-order valence-electron chi connectivity index (χ4n) is 2.91. The highest BCUT2D eigenvalue weighted by Crippen LogP contribution is 2.32. The van der Waals surface area contributed by atoms with Crippen molar-refractivity contribution in [1.82, 2.24) is 4.98 Å². The van der Waals surface area contributed by atoms with E-state index in [1.54, 1.807) is 18.2 Å². The van der Waals surface area contributed by atoms with Gasteiger partial charge in [0.15, 0.2) is 16.6 Å². The summed E-state index contributed by atoms with van der Waals surface area (Å²) in [4.78, 5) is 17.1. The van der Waals surface area contributed by atoms with Crippen LogP contribution in [0.25, 0.3) is 10.2 Å². The van der Waals surface area contributed by atoms with E-state index in [9.17, 15) is 4.79 Å². The average Bonchev–Trinajstić information content (AvgIpc) is 3.07. The van der Waals surface area contributed by atoms with Gasteiger partial charge in [0, 0.05) is 5.56 Å². The number of thiazole rings is 1. The first-order valence-electron chi connectivity index (χ1n) is 8.83. The molecule has 134 valence electrons. The molecule has 0 atom stereocenters. The number of carbonyl (C=O) groups is 1. The number of nitrogens with zero attached hydrogens (tertiary/aromatic N) is 1. The number of hydrogen-bond acceptors (Lipinski definition) is 5. The summed E-state index contributed by atoms with van der Waals surface area (Å²) in [6.07, 6.45) is 3.43. The third-order valence-electron chi connectivity index (χ3n) is 4.30. The lowest BCUT2D eigenvalue weighted by atomic mass is 10.1. The van der Waals surface area contributed by atoms with Gasteiger partial charge in [-0.1, -0.05) is 30.7 Å². The number of anilines is 1. The molecule has 4 rings (SSSR count). The molecule has 1 aliphatic rings. The van der Waals surface area contributed by atoms with Gasteiger partial charge in [-0.2, -0.15) is 0 Å². The Hall–Kier alpha value is -2.60. The maximum atomic E-state index is 12.5. The number of rotatable bonds is 5. The van der Waals surface area contributed by atoms with Crippen LogP contribution < -0.4 is 14.8 Å². The number of aryl methyl sites for hydroxylation is 1. The standard InChI is InChI=1S/C20H20N2O3S/c1-2-3-4-13-5-7-15-18(11-13)26-20(21-15)22-19(23)14-6-8-16-17(12-14)25-10-9-24-16/h5-8,11-12H,2-4,9-10H2,1H3,(H,21,22,23). The van der Waals surface area contributed by atoms with Crippen LogP contribution in [0.1, 0.15) is 35.7 Å². The largest absolute Gasteiger partial charge is 0.486 e. The van der Waals surface area contributed by atoms with Gasteiger partial charge in [0.25, 0.3) is 5.91 Å². The minimum Gasteiger partial charge on any atom is -0.486 e. The Morgan fingerprint density at radius 3 is 2.85 bits per heavy atom. The van der Waals surface area contributed by atoms with E-state index in [1.807, 2.05) is 6.07 Å². The molecule has 1 aliphatic heterocycles. The highest BCUT2D eigenvalue weighted by molar-refractivity contribution is 7.22. The van der Waals surface area contributed by atoms with E-state index in [1.165, 1.54) is 29.7 Å². The summed E-state index contributed by atoms with van der Waals surface area (Å²) in [5, 5.41) is 3.49. The molecule has 0 saturated carbocycles. The Bertz CT molecular complexity index is 951. The molecule has 2 heterocycles. The van der Waals surface area contributed by atoms with Crippen molar-refractivity contribution < 1.29 is 14.3 Å². The predicted molar refractivity (Wildman–Crippen MR) is 104 cm³/mol. The first-order valence-corrected chi connectivity index (χ1v) is 9.65. The Morgan fingerprint density at radius 2 is 2.00 bits per heavy atom. The van der Waals surface area contributed by atoms with E-state index in [0.29, 0.717) is 35.4 Å². The van der Waals surface area contributed by atoms with Gasteiger partial charge in [-0.25, -0.2) is 4.98 Å². The number of nitrogens with one attached hydrogen (secondary N) is 1. The van der Waals surface area contributed by atoms with Gasteiger partial charge in [0.1, 0.15) is 13.2 Å². The van der Waals surface area contributed by atoms with Crippen molar-refractivity contribution in [2.75, 3.05) is 18.5 Å². The van der Waals surface area contributed by atoms with Crippen molar-refractivity contribution in [3.8, 4) is 11.5 Å². The van der Waals surface area contributed by atoms with Crippen LogP contribution in [0.4, 0.5) is 5.13 Å². The molecule has 0 bridgehead atoms. The minimum atomic E-state index is -0.202. The molecule has 6 heteroatoms. The number of ether oxygens (including phenoxy) is 2. The lowest BCUT2D eigenvalue weighted by molar-refractivity contribution is 0.102. The molecular formula is C20H20N2O3S. The summed E-state index contributed by atoms with van der Waals surface area (Å²) in [6, 6.07) is 11.5. The molecular weight excluding hydrogens is 348 g/mol. The van der Waals surface area contributed by atoms with Gasteiger partial charge < -0.3 is 9.47 Å². The van der Waals surface area contributed by atoms with Gasteiger partial charge >= 0.3 is 0 Å². The van der Waals surface area contributed by atoms with Gasteiger partial charge in [-0.15, -0.1) is 0 Å². The minimum absolute atomic E-state index is 0.202. The molecule has 0 spiro atoms. The third kappa shape index (κ3) is 3.51. The summed E-state index contributed by atoms with van der Waals surface area (Å²) in [7, 11) is 0. The smallest absolute Gasteiger partial charge is 0.257 e. The normalized spacial score (nSPS) is 13.0. The van der Waals surface area contributed by atoms with Crippen LogP contribution in [0.2, 0.25) is 0 Å². The van der Waals surface area contributed by atoms with Crippen LogP contribution >= 0.6 is 11.3 Å². The van der Waals surface area contributed by atoms with Crippen LogP contribution in [-0.4, -0.2) is 24.1 Å². The molecule has 26 heavy (non-hydrogen) atoms. The Morgan fingerprint density at radius 1 is 1.15 bits per heavy atom. The average molecular weight is 368 g/mol. The van der Waals surface area contributed by atoms with Crippen LogP contribution in [-0.2, 0) is 6.42 Å². The number of aromatic nitrogens is 1. The molecule has 0 aliphatic carbocycles. The first kappa shape index (κ1) is 16.8. The number of amides is 1. The van der Waals surface area contributed by atoms with Crippen LogP contribution in [0, 0.1) is 0 Å². The second kappa shape index (κ2) is 7.33. The second-order valence-corrected chi connectivity index (χ2v) is 7.27. The number of carbonyl (C=O) groups excluding carboxylic acids is 1. The summed E-state index contributed by atoms with van der Waals surface area (Å²) in [6.45, 7) is 3.22. The van der Waals surface area contributed by atoms with E-state index >= 15 is 0 Å². The highest BCUT2D eigenvalue weighted by atomic mass is 32.1. The predicted octanol–water partition coefficient (Wildman–Crippen LogP) is 4.66. The maximum absolute atomic E-state index is 12.5. The zero-order valence-corrected chi connectivity index (χ0v) is 15.4. The van der Waals surface area contributed by atoms with Crippen molar-refractivity contribution in [1.29, 1.82) is 0 Å². The monoisotopic (exact) mass is 368 g/mol. The van der Waals surface area contributed by atoms with Crippen molar-refractivity contribution >= 4 is 32.6 Å². The molecule has 0 saturated heterocycles. The van der Waals surface area contributed by atoms with Crippen molar-refractivity contribution in [2.45, 2.75) is 26.2 Å².